The van der Waals surface area contributed by atoms with Gasteiger partial charge in [0.25, 0.3) is 5.78 Å². The molecule has 0 fully saturated rings. The SMILES string of the molecule is CC(C)c1nc2nccc(-c3ccnn3C)n2n1. The first-order valence-corrected chi connectivity index (χ1v) is 5.87. The van der Waals surface area contributed by atoms with Crippen LogP contribution in [0, 0.1) is 0 Å². The van der Waals surface area contributed by atoms with Gasteiger partial charge in [-0.1, -0.05) is 13.8 Å². The van der Waals surface area contributed by atoms with Crippen molar-refractivity contribution in [3.8, 4) is 11.4 Å². The van der Waals surface area contributed by atoms with Gasteiger partial charge in [0, 0.05) is 25.4 Å². The summed E-state index contributed by atoms with van der Waals surface area (Å²) in [6.07, 6.45) is 3.51. The first-order valence-electron chi connectivity index (χ1n) is 5.87. The molecule has 3 aromatic rings. The fraction of sp³-hybridized carbons (Fsp3) is 0.333. The Hall–Kier alpha value is -2.24. The van der Waals surface area contributed by atoms with Gasteiger partial charge in [0.15, 0.2) is 5.82 Å². The lowest BCUT2D eigenvalue weighted by Crippen LogP contribution is -2.01. The molecule has 0 N–H and O–H groups in total. The largest absolute Gasteiger partial charge is 0.266 e. The topological polar surface area (TPSA) is 60.9 Å². The molecule has 3 rings (SSSR count). The molecular weight excluding hydrogens is 228 g/mol. The molecule has 6 nitrogen and oxygen atoms in total. The minimum Gasteiger partial charge on any atom is -0.266 e. The summed E-state index contributed by atoms with van der Waals surface area (Å²) >= 11 is 0. The van der Waals surface area contributed by atoms with Crippen LogP contribution in [0.1, 0.15) is 25.6 Å². The lowest BCUT2D eigenvalue weighted by Gasteiger charge is -2.03. The fourth-order valence-corrected chi connectivity index (χ4v) is 1.87. The number of aryl methyl sites for hydroxylation is 1. The average Bonchev–Trinajstić information content (AvgIpc) is 2.94. The minimum atomic E-state index is 0.283. The Morgan fingerprint density at radius 2 is 1.89 bits per heavy atom. The Bertz CT molecular complexity index is 693. The van der Waals surface area contributed by atoms with Gasteiger partial charge in [-0.25, -0.2) is 4.98 Å². The van der Waals surface area contributed by atoms with E-state index in [0.717, 1.165) is 17.2 Å². The number of hydrogen-bond acceptors (Lipinski definition) is 4. The summed E-state index contributed by atoms with van der Waals surface area (Å²) in [6.45, 7) is 4.14. The van der Waals surface area contributed by atoms with E-state index in [1.807, 2.05) is 23.9 Å². The van der Waals surface area contributed by atoms with Crippen molar-refractivity contribution >= 4 is 5.78 Å². The Kier molecular flexibility index (Phi) is 2.36. The molecule has 0 unspecified atom stereocenters. The second-order valence-corrected chi connectivity index (χ2v) is 4.51. The van der Waals surface area contributed by atoms with E-state index in [2.05, 4.69) is 34.0 Å². The van der Waals surface area contributed by atoms with Crippen molar-refractivity contribution in [2.45, 2.75) is 19.8 Å². The molecule has 0 aromatic carbocycles. The third-order valence-electron chi connectivity index (χ3n) is 2.86. The van der Waals surface area contributed by atoms with E-state index >= 15 is 0 Å². The zero-order valence-electron chi connectivity index (χ0n) is 10.6. The maximum atomic E-state index is 4.51. The highest BCUT2D eigenvalue weighted by Crippen LogP contribution is 2.19. The fourth-order valence-electron chi connectivity index (χ4n) is 1.87. The zero-order valence-corrected chi connectivity index (χ0v) is 10.6. The summed E-state index contributed by atoms with van der Waals surface area (Å²) in [4.78, 5) is 8.67. The molecule has 0 saturated carbocycles. The average molecular weight is 242 g/mol. The number of rotatable bonds is 2. The summed E-state index contributed by atoms with van der Waals surface area (Å²) < 4.78 is 3.58. The molecule has 0 aliphatic carbocycles. The van der Waals surface area contributed by atoms with Crippen molar-refractivity contribution < 1.29 is 0 Å². The maximum Gasteiger partial charge on any atom is 0.253 e. The molecule has 0 aliphatic heterocycles. The molecule has 0 saturated heterocycles. The Balaban J connectivity index is 2.27. The number of fused-ring (bicyclic) bond motifs is 1. The standard InChI is InChI=1S/C12H14N6/c1-8(2)11-15-12-13-6-4-10(18(12)16-11)9-5-7-14-17(9)3/h4-8H,1-3H3. The minimum absolute atomic E-state index is 0.283. The molecular formula is C12H14N6. The van der Waals surface area contributed by atoms with Crippen molar-refractivity contribution in [3.05, 3.63) is 30.4 Å². The van der Waals surface area contributed by atoms with Crippen LogP contribution < -0.4 is 0 Å². The van der Waals surface area contributed by atoms with Gasteiger partial charge in [0.05, 0.1) is 11.4 Å². The molecule has 0 aliphatic rings. The lowest BCUT2D eigenvalue weighted by atomic mass is 10.2. The van der Waals surface area contributed by atoms with Crippen LogP contribution in [0.25, 0.3) is 17.2 Å². The number of hydrogen-bond donors (Lipinski definition) is 0. The monoisotopic (exact) mass is 242 g/mol. The summed E-state index contributed by atoms with van der Waals surface area (Å²) in [6, 6.07) is 3.87. The molecule has 18 heavy (non-hydrogen) atoms. The second kappa shape index (κ2) is 3.90. The van der Waals surface area contributed by atoms with Crippen molar-refractivity contribution in [3.63, 3.8) is 0 Å². The van der Waals surface area contributed by atoms with Crippen LogP contribution in [0.3, 0.4) is 0 Å². The van der Waals surface area contributed by atoms with Crippen LogP contribution in [0.5, 0.6) is 0 Å². The van der Waals surface area contributed by atoms with Crippen LogP contribution >= 0.6 is 0 Å². The van der Waals surface area contributed by atoms with Gasteiger partial charge in [0.2, 0.25) is 0 Å². The quantitative estimate of drug-likeness (QED) is 0.685. The summed E-state index contributed by atoms with van der Waals surface area (Å²) in [5, 5.41) is 8.69. The third kappa shape index (κ3) is 1.57. The van der Waals surface area contributed by atoms with Crippen molar-refractivity contribution in [2.24, 2.45) is 7.05 Å². The molecule has 0 radical (unpaired) electrons. The van der Waals surface area contributed by atoms with Crippen molar-refractivity contribution in [1.29, 1.82) is 0 Å². The molecule has 0 spiro atoms. The van der Waals surface area contributed by atoms with Crippen LogP contribution in [-0.4, -0.2) is 29.4 Å². The molecule has 0 bridgehead atoms. The first-order chi connectivity index (χ1) is 8.66. The third-order valence-corrected chi connectivity index (χ3v) is 2.86. The highest BCUT2D eigenvalue weighted by molar-refractivity contribution is 5.56. The highest BCUT2D eigenvalue weighted by Gasteiger charge is 2.13. The zero-order chi connectivity index (χ0) is 12.7. The van der Waals surface area contributed by atoms with E-state index in [-0.39, 0.29) is 5.92 Å². The molecule has 6 heteroatoms. The predicted octanol–water partition coefficient (Wildman–Crippen LogP) is 1.65. The number of aromatic nitrogens is 6. The van der Waals surface area contributed by atoms with Gasteiger partial charge in [-0.3, -0.25) is 4.68 Å². The Morgan fingerprint density at radius 3 is 2.56 bits per heavy atom. The van der Waals surface area contributed by atoms with E-state index in [1.165, 1.54) is 0 Å². The molecule has 0 amide bonds. The van der Waals surface area contributed by atoms with E-state index in [9.17, 15) is 0 Å². The van der Waals surface area contributed by atoms with E-state index in [4.69, 9.17) is 0 Å². The van der Waals surface area contributed by atoms with Gasteiger partial charge >= 0.3 is 0 Å². The number of nitrogens with zero attached hydrogens (tertiary/aromatic N) is 6. The molecule has 3 heterocycles. The van der Waals surface area contributed by atoms with E-state index in [0.29, 0.717) is 5.78 Å². The Morgan fingerprint density at radius 1 is 1.11 bits per heavy atom. The van der Waals surface area contributed by atoms with Gasteiger partial charge in [-0.15, -0.1) is 5.10 Å². The molecule has 0 atom stereocenters. The van der Waals surface area contributed by atoms with Crippen LogP contribution in [0.15, 0.2) is 24.5 Å². The molecule has 92 valence electrons. The smallest absolute Gasteiger partial charge is 0.253 e. The van der Waals surface area contributed by atoms with Gasteiger partial charge in [-0.05, 0) is 12.1 Å². The van der Waals surface area contributed by atoms with Gasteiger partial charge in [-0.2, -0.15) is 14.6 Å². The van der Waals surface area contributed by atoms with Crippen LogP contribution in [0.2, 0.25) is 0 Å². The van der Waals surface area contributed by atoms with Gasteiger partial charge < -0.3 is 0 Å². The maximum absolute atomic E-state index is 4.51. The lowest BCUT2D eigenvalue weighted by molar-refractivity contribution is 0.752. The van der Waals surface area contributed by atoms with Crippen molar-refractivity contribution in [2.75, 3.05) is 0 Å². The van der Waals surface area contributed by atoms with E-state index in [1.54, 1.807) is 16.9 Å². The van der Waals surface area contributed by atoms with E-state index < -0.39 is 0 Å². The van der Waals surface area contributed by atoms with Gasteiger partial charge in [0.1, 0.15) is 0 Å². The summed E-state index contributed by atoms with van der Waals surface area (Å²) in [5.41, 5.74) is 1.93. The van der Waals surface area contributed by atoms with Crippen LogP contribution in [0.4, 0.5) is 0 Å². The second-order valence-electron chi connectivity index (χ2n) is 4.51. The predicted molar refractivity (Wildman–Crippen MR) is 67.1 cm³/mol. The highest BCUT2D eigenvalue weighted by atomic mass is 15.3. The summed E-state index contributed by atoms with van der Waals surface area (Å²) in [7, 11) is 1.90. The first kappa shape index (κ1) is 10.9. The Labute approximate surface area is 104 Å². The van der Waals surface area contributed by atoms with Crippen molar-refractivity contribution in [1.82, 2.24) is 29.4 Å². The molecule has 3 aromatic heterocycles. The normalized spacial score (nSPS) is 11.6. The summed E-state index contributed by atoms with van der Waals surface area (Å²) in [5.74, 6) is 1.71. The van der Waals surface area contributed by atoms with Crippen LogP contribution in [-0.2, 0) is 7.05 Å².